The number of amides is 1. The van der Waals surface area contributed by atoms with Crippen molar-refractivity contribution in [2.45, 2.75) is 78.6 Å². The third-order valence-corrected chi connectivity index (χ3v) is 4.74. The van der Waals surface area contributed by atoms with E-state index in [0.717, 1.165) is 12.8 Å². The van der Waals surface area contributed by atoms with Gasteiger partial charge in [-0.1, -0.05) is 27.2 Å². The lowest BCUT2D eigenvalue weighted by Gasteiger charge is -2.36. The number of ether oxygens (including phenoxy) is 2. The van der Waals surface area contributed by atoms with Crippen molar-refractivity contribution in [3.05, 3.63) is 0 Å². The van der Waals surface area contributed by atoms with Crippen LogP contribution in [0.25, 0.3) is 0 Å². The first-order valence-electron chi connectivity index (χ1n) is 8.78. The van der Waals surface area contributed by atoms with E-state index < -0.39 is 17.7 Å². The maximum atomic E-state index is 12.4. The molecule has 132 valence electrons. The summed E-state index contributed by atoms with van der Waals surface area (Å²) in [5, 5.41) is 0. The lowest BCUT2D eigenvalue weighted by molar-refractivity contribution is -0.156. The zero-order valence-electron chi connectivity index (χ0n) is 15.3. The molecule has 1 amide bonds. The Bertz CT molecular complexity index is 454. The Hall–Kier alpha value is -1.26. The van der Waals surface area contributed by atoms with Gasteiger partial charge in [-0.05, 0) is 51.4 Å². The molecule has 2 rings (SSSR count). The highest BCUT2D eigenvalue weighted by molar-refractivity contribution is 5.87. The Morgan fingerprint density at radius 2 is 1.83 bits per heavy atom. The van der Waals surface area contributed by atoms with Gasteiger partial charge in [0.1, 0.15) is 11.7 Å². The smallest absolute Gasteiger partial charge is 0.411 e. The summed E-state index contributed by atoms with van der Waals surface area (Å²) in [5.74, 6) is 1.23. The van der Waals surface area contributed by atoms with Crippen molar-refractivity contribution in [3.63, 3.8) is 0 Å². The second-order valence-corrected chi connectivity index (χ2v) is 8.45. The molecule has 0 aromatic rings. The largest absolute Gasteiger partial charge is 0.460 e. The van der Waals surface area contributed by atoms with Crippen LogP contribution in [-0.4, -0.2) is 41.3 Å². The van der Waals surface area contributed by atoms with Gasteiger partial charge in [0.05, 0.1) is 6.54 Å². The van der Waals surface area contributed by atoms with Crippen LogP contribution in [0.15, 0.2) is 0 Å². The fraction of sp³-hybridized carbons (Fsp3) is 0.889. The Labute approximate surface area is 139 Å². The zero-order chi connectivity index (χ0) is 17.4. The van der Waals surface area contributed by atoms with Crippen molar-refractivity contribution < 1.29 is 19.1 Å². The standard InChI is InChI=1S/C18H31NO4/c1-11(2)13-8-7-12(3)9-15(13)22-16(20)14-10-19(14)17(21)23-18(4,5)6/h11-15H,7-10H2,1-6H3. The van der Waals surface area contributed by atoms with Crippen LogP contribution in [0, 0.1) is 17.8 Å². The maximum Gasteiger partial charge on any atom is 0.411 e. The maximum absolute atomic E-state index is 12.4. The van der Waals surface area contributed by atoms with Gasteiger partial charge in [-0.2, -0.15) is 0 Å². The van der Waals surface area contributed by atoms with E-state index in [1.165, 1.54) is 11.3 Å². The van der Waals surface area contributed by atoms with E-state index in [2.05, 4.69) is 20.8 Å². The average Bonchev–Trinajstić information content (AvgIpc) is 3.16. The van der Waals surface area contributed by atoms with Crippen LogP contribution < -0.4 is 0 Å². The minimum Gasteiger partial charge on any atom is -0.460 e. The number of hydrogen-bond acceptors (Lipinski definition) is 4. The molecule has 4 unspecified atom stereocenters. The van der Waals surface area contributed by atoms with Crippen LogP contribution in [0.4, 0.5) is 4.79 Å². The topological polar surface area (TPSA) is 55.6 Å². The van der Waals surface area contributed by atoms with Crippen molar-refractivity contribution in [1.29, 1.82) is 0 Å². The highest BCUT2D eigenvalue weighted by Crippen LogP contribution is 2.36. The normalized spacial score (nSPS) is 31.0. The molecule has 0 spiro atoms. The van der Waals surface area contributed by atoms with Crippen molar-refractivity contribution >= 4 is 12.1 Å². The number of esters is 1. The van der Waals surface area contributed by atoms with Crippen molar-refractivity contribution in [3.8, 4) is 0 Å². The number of hydrogen-bond donors (Lipinski definition) is 0. The minimum atomic E-state index is -0.546. The van der Waals surface area contributed by atoms with E-state index in [-0.39, 0.29) is 12.1 Å². The first-order valence-corrected chi connectivity index (χ1v) is 8.78. The molecule has 0 aromatic heterocycles. The number of rotatable bonds is 3. The van der Waals surface area contributed by atoms with Gasteiger partial charge >= 0.3 is 12.1 Å². The summed E-state index contributed by atoms with van der Waals surface area (Å²) in [5.41, 5.74) is -0.546. The summed E-state index contributed by atoms with van der Waals surface area (Å²) in [6.07, 6.45) is 2.78. The Morgan fingerprint density at radius 1 is 1.17 bits per heavy atom. The molecular weight excluding hydrogens is 294 g/mol. The van der Waals surface area contributed by atoms with E-state index in [4.69, 9.17) is 9.47 Å². The van der Waals surface area contributed by atoms with Crippen LogP contribution in [0.1, 0.15) is 60.8 Å². The molecule has 2 fully saturated rings. The van der Waals surface area contributed by atoms with Crippen molar-refractivity contribution in [2.24, 2.45) is 17.8 Å². The summed E-state index contributed by atoms with van der Waals surface area (Å²) in [6.45, 7) is 12.4. The van der Waals surface area contributed by atoms with Gasteiger partial charge in [-0.25, -0.2) is 9.59 Å². The molecule has 5 nitrogen and oxygen atoms in total. The molecule has 0 N–H and O–H groups in total. The average molecular weight is 325 g/mol. The summed E-state index contributed by atoms with van der Waals surface area (Å²) in [4.78, 5) is 25.7. The van der Waals surface area contributed by atoms with Gasteiger partial charge in [0, 0.05) is 0 Å². The van der Waals surface area contributed by atoms with E-state index in [0.29, 0.717) is 24.3 Å². The van der Waals surface area contributed by atoms with E-state index in [1.807, 2.05) is 20.8 Å². The Balaban J connectivity index is 1.88. The molecule has 4 atom stereocenters. The lowest BCUT2D eigenvalue weighted by atomic mass is 9.75. The van der Waals surface area contributed by atoms with Crippen LogP contribution in [0.2, 0.25) is 0 Å². The predicted molar refractivity (Wildman–Crippen MR) is 88.0 cm³/mol. The Kier molecular flexibility index (Phi) is 5.27. The first-order chi connectivity index (χ1) is 10.6. The number of nitrogens with zero attached hydrogens (tertiary/aromatic N) is 1. The molecule has 1 aliphatic heterocycles. The predicted octanol–water partition coefficient (Wildman–Crippen LogP) is 3.61. The molecule has 2 aliphatic rings. The van der Waals surface area contributed by atoms with E-state index >= 15 is 0 Å². The molecule has 1 aliphatic carbocycles. The highest BCUT2D eigenvalue weighted by Gasteiger charge is 2.48. The van der Waals surface area contributed by atoms with Gasteiger partial charge in [-0.3, -0.25) is 4.90 Å². The van der Waals surface area contributed by atoms with Crippen LogP contribution in [0.3, 0.4) is 0 Å². The lowest BCUT2D eigenvalue weighted by Crippen LogP contribution is -2.37. The Morgan fingerprint density at radius 3 is 2.39 bits per heavy atom. The number of carbonyl (C=O) groups is 2. The summed E-state index contributed by atoms with van der Waals surface area (Å²) in [7, 11) is 0. The zero-order valence-corrected chi connectivity index (χ0v) is 15.3. The second kappa shape index (κ2) is 6.70. The van der Waals surface area contributed by atoms with Crippen molar-refractivity contribution in [2.75, 3.05) is 6.54 Å². The van der Waals surface area contributed by atoms with Gasteiger partial charge in [-0.15, -0.1) is 0 Å². The summed E-state index contributed by atoms with van der Waals surface area (Å²) >= 11 is 0. The quantitative estimate of drug-likeness (QED) is 0.587. The third kappa shape index (κ3) is 4.85. The molecule has 5 heteroatoms. The highest BCUT2D eigenvalue weighted by atomic mass is 16.6. The molecule has 1 saturated heterocycles. The monoisotopic (exact) mass is 325 g/mol. The fourth-order valence-corrected chi connectivity index (χ4v) is 3.34. The van der Waals surface area contributed by atoms with Crippen LogP contribution in [-0.2, 0) is 14.3 Å². The van der Waals surface area contributed by atoms with Gasteiger partial charge < -0.3 is 9.47 Å². The van der Waals surface area contributed by atoms with Crippen LogP contribution in [0.5, 0.6) is 0 Å². The summed E-state index contributed by atoms with van der Waals surface area (Å²) in [6, 6.07) is -0.463. The molecule has 23 heavy (non-hydrogen) atoms. The summed E-state index contributed by atoms with van der Waals surface area (Å²) < 4.78 is 11.1. The van der Waals surface area contributed by atoms with Crippen LogP contribution >= 0.6 is 0 Å². The minimum absolute atomic E-state index is 0.0210. The molecule has 1 heterocycles. The molecule has 0 aromatic carbocycles. The molecular formula is C18H31NO4. The van der Waals surface area contributed by atoms with Gasteiger partial charge in [0.2, 0.25) is 0 Å². The fourth-order valence-electron chi connectivity index (χ4n) is 3.34. The van der Waals surface area contributed by atoms with E-state index in [1.54, 1.807) is 0 Å². The number of carbonyl (C=O) groups excluding carboxylic acids is 2. The van der Waals surface area contributed by atoms with Gasteiger partial charge in [0.25, 0.3) is 0 Å². The third-order valence-electron chi connectivity index (χ3n) is 4.74. The van der Waals surface area contributed by atoms with Gasteiger partial charge in [0.15, 0.2) is 6.04 Å². The second-order valence-electron chi connectivity index (χ2n) is 8.45. The van der Waals surface area contributed by atoms with Crippen molar-refractivity contribution in [1.82, 2.24) is 4.90 Å². The molecule has 0 radical (unpaired) electrons. The van der Waals surface area contributed by atoms with E-state index in [9.17, 15) is 9.59 Å². The molecule has 0 bridgehead atoms. The SMILES string of the molecule is CC1CCC(C(C)C)C(OC(=O)C2CN2C(=O)OC(C)(C)C)C1. The first kappa shape index (κ1) is 18.1. The molecule has 1 saturated carbocycles.